The van der Waals surface area contributed by atoms with Crippen molar-refractivity contribution < 1.29 is 9.63 Å². The lowest BCUT2D eigenvalue weighted by atomic mass is 9.98. The van der Waals surface area contributed by atoms with E-state index in [0.717, 1.165) is 11.3 Å². The molecule has 1 aliphatic rings. The van der Waals surface area contributed by atoms with Crippen LogP contribution in [0.4, 0.5) is 0 Å². The second-order valence-corrected chi connectivity index (χ2v) is 3.47. The molecule has 1 aromatic rings. The molecule has 1 heterocycles. The zero-order valence-electron chi connectivity index (χ0n) is 8.15. The molecule has 1 atom stereocenters. The molecule has 0 aliphatic carbocycles. The van der Waals surface area contributed by atoms with Gasteiger partial charge in [0.1, 0.15) is 11.6 Å². The minimum absolute atomic E-state index is 0.252. The van der Waals surface area contributed by atoms with Gasteiger partial charge in [0.2, 0.25) is 0 Å². The van der Waals surface area contributed by atoms with Gasteiger partial charge in [0, 0.05) is 5.56 Å². The molecule has 1 aliphatic heterocycles. The summed E-state index contributed by atoms with van der Waals surface area (Å²) < 4.78 is 0. The lowest BCUT2D eigenvalue weighted by Crippen LogP contribution is -2.15. The van der Waals surface area contributed by atoms with E-state index in [1.807, 2.05) is 31.2 Å². The van der Waals surface area contributed by atoms with Crippen molar-refractivity contribution in [3.8, 4) is 0 Å². The number of oxime groups is 1. The number of nitrogens with zero attached hydrogens (tertiary/aromatic N) is 1. The maximum atomic E-state index is 11.1. The number of carbonyl (C=O) groups is 1. The van der Waals surface area contributed by atoms with E-state index < -0.39 is 0 Å². The average Bonchev–Trinajstić information content (AvgIpc) is 2.50. The Bertz CT molecular complexity index is 392. The Hall–Kier alpha value is -1.64. The molecule has 0 amide bonds. The molecule has 0 fully saturated rings. The molecule has 0 radical (unpaired) electrons. The van der Waals surface area contributed by atoms with Gasteiger partial charge >= 0.3 is 5.97 Å². The zero-order valence-corrected chi connectivity index (χ0v) is 8.15. The fourth-order valence-corrected chi connectivity index (χ4v) is 1.39. The van der Waals surface area contributed by atoms with Gasteiger partial charge in [-0.3, -0.25) is 0 Å². The molecule has 14 heavy (non-hydrogen) atoms. The molecule has 0 aromatic heterocycles. The molecule has 0 saturated carbocycles. The van der Waals surface area contributed by atoms with Crippen molar-refractivity contribution in [2.45, 2.75) is 13.8 Å². The van der Waals surface area contributed by atoms with Crippen LogP contribution in [0.3, 0.4) is 0 Å². The van der Waals surface area contributed by atoms with E-state index in [2.05, 4.69) is 9.99 Å². The van der Waals surface area contributed by atoms with Gasteiger partial charge in [-0.05, 0) is 13.8 Å². The highest BCUT2D eigenvalue weighted by molar-refractivity contribution is 6.13. The van der Waals surface area contributed by atoms with E-state index in [4.69, 9.17) is 0 Å². The van der Waals surface area contributed by atoms with Crippen LogP contribution in [0.15, 0.2) is 29.4 Å². The summed E-state index contributed by atoms with van der Waals surface area (Å²) in [6.45, 7) is 3.82. The highest BCUT2D eigenvalue weighted by atomic mass is 16.7. The first-order valence-electron chi connectivity index (χ1n) is 4.54. The third-order valence-corrected chi connectivity index (χ3v) is 2.35. The predicted octanol–water partition coefficient (Wildman–Crippen LogP) is 1.89. The number of hydrogen-bond acceptors (Lipinski definition) is 3. The second-order valence-electron chi connectivity index (χ2n) is 3.47. The van der Waals surface area contributed by atoms with Gasteiger partial charge in [-0.1, -0.05) is 35.0 Å². The quantitative estimate of drug-likeness (QED) is 0.633. The number of benzene rings is 1. The summed E-state index contributed by atoms with van der Waals surface area (Å²) in [5, 5.41) is 3.76. The van der Waals surface area contributed by atoms with Crippen LogP contribution >= 0.6 is 0 Å². The van der Waals surface area contributed by atoms with Crippen molar-refractivity contribution >= 4 is 11.7 Å². The molecule has 3 nitrogen and oxygen atoms in total. The summed E-state index contributed by atoms with van der Waals surface area (Å²) in [6, 6.07) is 7.89. The highest BCUT2D eigenvalue weighted by Gasteiger charge is 2.28. The van der Waals surface area contributed by atoms with Gasteiger partial charge in [0.15, 0.2) is 0 Å². The highest BCUT2D eigenvalue weighted by Crippen LogP contribution is 2.18. The van der Waals surface area contributed by atoms with Gasteiger partial charge in [-0.15, -0.1) is 0 Å². The Morgan fingerprint density at radius 2 is 1.93 bits per heavy atom. The van der Waals surface area contributed by atoms with Gasteiger partial charge in [0.05, 0.1) is 0 Å². The van der Waals surface area contributed by atoms with E-state index in [9.17, 15) is 4.79 Å². The largest absolute Gasteiger partial charge is 0.343 e. The number of carbonyl (C=O) groups excluding carboxylic acids is 1. The van der Waals surface area contributed by atoms with Crippen LogP contribution in [0.2, 0.25) is 0 Å². The normalized spacial score (nSPS) is 20.6. The second kappa shape index (κ2) is 3.25. The number of rotatable bonds is 1. The molecule has 1 unspecified atom stereocenters. The van der Waals surface area contributed by atoms with Gasteiger partial charge in [-0.25, -0.2) is 4.79 Å². The summed E-state index contributed by atoms with van der Waals surface area (Å²) in [7, 11) is 0. The van der Waals surface area contributed by atoms with Gasteiger partial charge in [-0.2, -0.15) is 0 Å². The Morgan fingerprint density at radius 1 is 1.29 bits per heavy atom. The van der Waals surface area contributed by atoms with Crippen molar-refractivity contribution in [2.24, 2.45) is 11.1 Å². The summed E-state index contributed by atoms with van der Waals surface area (Å²) >= 11 is 0. The van der Waals surface area contributed by atoms with Crippen LogP contribution in [-0.2, 0) is 9.63 Å². The number of hydrogen-bond donors (Lipinski definition) is 0. The summed E-state index contributed by atoms with van der Waals surface area (Å²) in [4.78, 5) is 15.7. The molecule has 1 aromatic carbocycles. The zero-order chi connectivity index (χ0) is 10.1. The van der Waals surface area contributed by atoms with Crippen LogP contribution in [0.25, 0.3) is 0 Å². The Morgan fingerprint density at radius 3 is 2.43 bits per heavy atom. The summed E-state index contributed by atoms with van der Waals surface area (Å²) in [5.41, 5.74) is 2.86. The molecular formula is C11H11NO2. The molecule has 0 bridgehead atoms. The van der Waals surface area contributed by atoms with Crippen LogP contribution in [0.1, 0.15) is 18.1 Å². The fourth-order valence-electron chi connectivity index (χ4n) is 1.39. The maximum absolute atomic E-state index is 11.1. The van der Waals surface area contributed by atoms with E-state index >= 15 is 0 Å². The molecule has 0 N–H and O–H groups in total. The van der Waals surface area contributed by atoms with Crippen molar-refractivity contribution in [2.75, 3.05) is 0 Å². The topological polar surface area (TPSA) is 38.7 Å². The summed E-state index contributed by atoms with van der Waals surface area (Å²) in [5.74, 6) is -0.529. The maximum Gasteiger partial charge on any atom is 0.343 e. The Balaban J connectivity index is 2.33. The first-order valence-corrected chi connectivity index (χ1v) is 4.54. The van der Waals surface area contributed by atoms with Crippen LogP contribution in [-0.4, -0.2) is 11.7 Å². The van der Waals surface area contributed by atoms with Crippen LogP contribution < -0.4 is 0 Å². The van der Waals surface area contributed by atoms with Crippen LogP contribution in [0, 0.1) is 12.8 Å². The minimum atomic E-state index is -0.277. The van der Waals surface area contributed by atoms with E-state index in [1.165, 1.54) is 5.56 Å². The standard InChI is InChI=1S/C11H11NO2/c1-7-3-5-9(6-4-7)10-8(2)11(13)14-12-10/h3-6,8H,1-2H3. The van der Waals surface area contributed by atoms with E-state index in [0.29, 0.717) is 0 Å². The van der Waals surface area contributed by atoms with Crippen molar-refractivity contribution in [3.63, 3.8) is 0 Å². The molecule has 3 heteroatoms. The predicted molar refractivity (Wildman–Crippen MR) is 53.0 cm³/mol. The molecule has 0 spiro atoms. The summed E-state index contributed by atoms with van der Waals surface area (Å²) in [6.07, 6.45) is 0. The lowest BCUT2D eigenvalue weighted by Gasteiger charge is -2.02. The third kappa shape index (κ3) is 1.41. The third-order valence-electron chi connectivity index (χ3n) is 2.35. The molecular weight excluding hydrogens is 178 g/mol. The van der Waals surface area contributed by atoms with Gasteiger partial charge < -0.3 is 4.84 Å². The van der Waals surface area contributed by atoms with E-state index in [1.54, 1.807) is 6.92 Å². The molecule has 72 valence electrons. The Kier molecular flexibility index (Phi) is 2.08. The minimum Gasteiger partial charge on any atom is -0.317 e. The van der Waals surface area contributed by atoms with Gasteiger partial charge in [0.25, 0.3) is 0 Å². The first-order chi connectivity index (χ1) is 6.68. The van der Waals surface area contributed by atoms with Crippen molar-refractivity contribution in [3.05, 3.63) is 35.4 Å². The SMILES string of the molecule is Cc1ccc(C2=NOC(=O)C2C)cc1. The average molecular weight is 189 g/mol. The van der Waals surface area contributed by atoms with Crippen molar-refractivity contribution in [1.82, 2.24) is 0 Å². The van der Waals surface area contributed by atoms with Crippen LogP contribution in [0.5, 0.6) is 0 Å². The molecule has 0 saturated heterocycles. The Labute approximate surface area is 82.4 Å². The van der Waals surface area contributed by atoms with E-state index in [-0.39, 0.29) is 11.9 Å². The number of aryl methyl sites for hydroxylation is 1. The lowest BCUT2D eigenvalue weighted by molar-refractivity contribution is -0.142. The first kappa shape index (κ1) is 8.94. The monoisotopic (exact) mass is 189 g/mol. The molecule has 2 rings (SSSR count). The fraction of sp³-hybridized carbons (Fsp3) is 0.273. The van der Waals surface area contributed by atoms with Crippen molar-refractivity contribution in [1.29, 1.82) is 0 Å². The smallest absolute Gasteiger partial charge is 0.317 e.